The summed E-state index contributed by atoms with van der Waals surface area (Å²) in [6.07, 6.45) is 1.24. The first-order valence-electron chi connectivity index (χ1n) is 8.11. The summed E-state index contributed by atoms with van der Waals surface area (Å²) in [4.78, 5) is 16.6. The second kappa shape index (κ2) is 7.38. The zero-order chi connectivity index (χ0) is 17.1. The van der Waals surface area contributed by atoms with E-state index in [-0.39, 0.29) is 5.91 Å². The molecule has 128 valence electrons. The van der Waals surface area contributed by atoms with Crippen molar-refractivity contribution in [3.63, 3.8) is 0 Å². The lowest BCUT2D eigenvalue weighted by atomic mass is 10.1. The molecule has 1 amide bonds. The number of carbonyl (C=O) groups is 1. The normalized spacial score (nSPS) is 17.0. The van der Waals surface area contributed by atoms with Gasteiger partial charge in [0.2, 0.25) is 0 Å². The zero-order valence-electron chi connectivity index (χ0n) is 13.7. The van der Waals surface area contributed by atoms with Crippen molar-refractivity contribution >= 4 is 17.5 Å². The number of aromatic nitrogens is 1. The van der Waals surface area contributed by atoms with Crippen LogP contribution in [0.4, 0.5) is 0 Å². The molecule has 1 atom stereocenters. The molecule has 1 aliphatic rings. The number of aliphatic hydroxyl groups excluding tert-OH is 1. The molecule has 1 saturated heterocycles. The maximum absolute atomic E-state index is 12.6. The molecule has 2 heterocycles. The number of rotatable bonds is 4. The molecule has 1 fully saturated rings. The number of piperazine rings is 1. The monoisotopic (exact) mass is 347 g/mol. The van der Waals surface area contributed by atoms with E-state index < -0.39 is 6.10 Å². The number of benzene rings is 1. The first kappa shape index (κ1) is 17.0. The first-order valence-corrected chi connectivity index (χ1v) is 8.49. The van der Waals surface area contributed by atoms with Gasteiger partial charge in [-0.2, -0.15) is 0 Å². The number of aliphatic hydroxyl groups is 1. The topological polar surface area (TPSA) is 48.7 Å². The van der Waals surface area contributed by atoms with Crippen molar-refractivity contribution in [1.82, 2.24) is 14.4 Å². The van der Waals surface area contributed by atoms with Gasteiger partial charge in [0, 0.05) is 46.0 Å². The van der Waals surface area contributed by atoms with Crippen LogP contribution in [0.25, 0.3) is 0 Å². The number of aryl methyl sites for hydroxylation is 1. The fraction of sp³-hybridized carbons (Fsp3) is 0.389. The van der Waals surface area contributed by atoms with Gasteiger partial charge in [0.15, 0.2) is 0 Å². The third-order valence-electron chi connectivity index (χ3n) is 4.47. The number of halogens is 1. The molecule has 0 aliphatic carbocycles. The van der Waals surface area contributed by atoms with Crippen molar-refractivity contribution in [2.24, 2.45) is 7.05 Å². The lowest BCUT2D eigenvalue weighted by Gasteiger charge is -2.35. The summed E-state index contributed by atoms with van der Waals surface area (Å²) in [6.45, 7) is 3.41. The van der Waals surface area contributed by atoms with Crippen LogP contribution in [0.15, 0.2) is 42.6 Å². The maximum Gasteiger partial charge on any atom is 0.270 e. The zero-order valence-corrected chi connectivity index (χ0v) is 14.5. The Hall–Kier alpha value is -1.82. The van der Waals surface area contributed by atoms with Crippen LogP contribution in [0.2, 0.25) is 5.02 Å². The van der Waals surface area contributed by atoms with Gasteiger partial charge in [-0.3, -0.25) is 9.69 Å². The van der Waals surface area contributed by atoms with E-state index >= 15 is 0 Å². The summed E-state index contributed by atoms with van der Waals surface area (Å²) in [5, 5.41) is 10.9. The van der Waals surface area contributed by atoms with Gasteiger partial charge in [0.25, 0.3) is 5.91 Å². The lowest BCUT2D eigenvalue weighted by molar-refractivity contribution is 0.0520. The fourth-order valence-corrected chi connectivity index (χ4v) is 3.31. The molecule has 2 aromatic rings. The molecule has 0 spiro atoms. The Morgan fingerprint density at radius 1 is 1.21 bits per heavy atom. The van der Waals surface area contributed by atoms with E-state index in [1.807, 2.05) is 42.3 Å². The molecule has 24 heavy (non-hydrogen) atoms. The lowest BCUT2D eigenvalue weighted by Crippen LogP contribution is -2.49. The van der Waals surface area contributed by atoms with E-state index in [0.29, 0.717) is 30.4 Å². The Kier molecular flexibility index (Phi) is 5.23. The number of carbonyl (C=O) groups excluding carboxylic acids is 1. The molecular formula is C18H22ClN3O2. The molecule has 0 radical (unpaired) electrons. The second-order valence-electron chi connectivity index (χ2n) is 6.17. The molecule has 1 aliphatic heterocycles. The van der Waals surface area contributed by atoms with Gasteiger partial charge in [-0.1, -0.05) is 41.9 Å². The number of amides is 1. The van der Waals surface area contributed by atoms with E-state index in [9.17, 15) is 9.90 Å². The van der Waals surface area contributed by atoms with Crippen molar-refractivity contribution in [2.75, 3.05) is 32.7 Å². The molecule has 0 unspecified atom stereocenters. The van der Waals surface area contributed by atoms with E-state index in [2.05, 4.69) is 4.90 Å². The summed E-state index contributed by atoms with van der Waals surface area (Å²) < 4.78 is 1.76. The molecule has 6 heteroatoms. The van der Waals surface area contributed by atoms with Gasteiger partial charge in [-0.05, 0) is 11.6 Å². The minimum Gasteiger partial charge on any atom is -0.387 e. The van der Waals surface area contributed by atoms with Crippen LogP contribution < -0.4 is 0 Å². The van der Waals surface area contributed by atoms with Crippen molar-refractivity contribution in [2.45, 2.75) is 6.10 Å². The van der Waals surface area contributed by atoms with Crippen LogP contribution in [-0.2, 0) is 7.05 Å². The Labute approximate surface area is 147 Å². The molecule has 1 aromatic heterocycles. The minimum absolute atomic E-state index is 0.00709. The van der Waals surface area contributed by atoms with Gasteiger partial charge in [0.05, 0.1) is 11.1 Å². The van der Waals surface area contributed by atoms with Crippen molar-refractivity contribution in [3.05, 3.63) is 58.9 Å². The predicted octanol–water partition coefficient (Wildman–Crippen LogP) is 2.17. The van der Waals surface area contributed by atoms with Gasteiger partial charge < -0.3 is 14.6 Å². The second-order valence-corrected chi connectivity index (χ2v) is 6.61. The quantitative estimate of drug-likeness (QED) is 0.922. The number of nitrogens with zero attached hydrogens (tertiary/aromatic N) is 3. The fourth-order valence-electron chi connectivity index (χ4n) is 3.06. The number of hydrogen-bond acceptors (Lipinski definition) is 3. The smallest absolute Gasteiger partial charge is 0.270 e. The number of hydrogen-bond donors (Lipinski definition) is 1. The van der Waals surface area contributed by atoms with Gasteiger partial charge in [-0.25, -0.2) is 0 Å². The average Bonchev–Trinajstić information content (AvgIpc) is 2.94. The highest BCUT2D eigenvalue weighted by Gasteiger charge is 2.25. The highest BCUT2D eigenvalue weighted by atomic mass is 35.5. The third-order valence-corrected chi connectivity index (χ3v) is 4.67. The van der Waals surface area contributed by atoms with Crippen LogP contribution in [0.1, 0.15) is 22.2 Å². The third kappa shape index (κ3) is 3.80. The summed E-state index contributed by atoms with van der Waals surface area (Å²) >= 11 is 5.96. The highest BCUT2D eigenvalue weighted by Crippen LogP contribution is 2.18. The standard InChI is InChI=1S/C18H22ClN3O2/c1-20-12-15(19)11-16(20)18(24)22-9-7-21(8-10-22)13-17(23)14-5-3-2-4-6-14/h2-6,11-12,17,23H,7-10,13H2,1H3/t17-/m1/s1. The van der Waals surface area contributed by atoms with Crippen LogP contribution in [0.5, 0.6) is 0 Å². The van der Waals surface area contributed by atoms with E-state index in [1.54, 1.807) is 16.8 Å². The van der Waals surface area contributed by atoms with E-state index in [1.165, 1.54) is 0 Å². The summed E-state index contributed by atoms with van der Waals surface area (Å²) in [5.41, 5.74) is 1.53. The van der Waals surface area contributed by atoms with Crippen LogP contribution in [0, 0.1) is 0 Å². The van der Waals surface area contributed by atoms with Crippen molar-refractivity contribution in [3.8, 4) is 0 Å². The van der Waals surface area contributed by atoms with E-state index in [4.69, 9.17) is 11.6 Å². The Bertz CT molecular complexity index is 694. The molecular weight excluding hydrogens is 326 g/mol. The van der Waals surface area contributed by atoms with Crippen LogP contribution in [-0.4, -0.2) is 58.1 Å². The van der Waals surface area contributed by atoms with Crippen LogP contribution >= 0.6 is 11.6 Å². The van der Waals surface area contributed by atoms with Gasteiger partial charge >= 0.3 is 0 Å². The summed E-state index contributed by atoms with van der Waals surface area (Å²) in [5.74, 6) is 0.00709. The number of β-amino-alcohol motifs (C(OH)–C–C–N with tert-alkyl or cyclic N) is 1. The van der Waals surface area contributed by atoms with E-state index in [0.717, 1.165) is 18.7 Å². The molecule has 0 saturated carbocycles. The maximum atomic E-state index is 12.6. The predicted molar refractivity (Wildman–Crippen MR) is 94.2 cm³/mol. The Balaban J connectivity index is 1.54. The summed E-state index contributed by atoms with van der Waals surface area (Å²) in [6, 6.07) is 11.4. The van der Waals surface area contributed by atoms with Gasteiger partial charge in [-0.15, -0.1) is 0 Å². The largest absolute Gasteiger partial charge is 0.387 e. The van der Waals surface area contributed by atoms with Crippen molar-refractivity contribution in [1.29, 1.82) is 0 Å². The molecule has 5 nitrogen and oxygen atoms in total. The van der Waals surface area contributed by atoms with Gasteiger partial charge in [0.1, 0.15) is 5.69 Å². The first-order chi connectivity index (χ1) is 11.5. The Morgan fingerprint density at radius 3 is 2.46 bits per heavy atom. The Morgan fingerprint density at radius 2 is 1.88 bits per heavy atom. The minimum atomic E-state index is -0.500. The highest BCUT2D eigenvalue weighted by molar-refractivity contribution is 6.31. The average molecular weight is 348 g/mol. The SMILES string of the molecule is Cn1cc(Cl)cc1C(=O)N1CCN(C[C@@H](O)c2ccccc2)CC1. The molecule has 1 N–H and O–H groups in total. The molecule has 1 aromatic carbocycles. The van der Waals surface area contributed by atoms with Crippen LogP contribution in [0.3, 0.4) is 0 Å². The van der Waals surface area contributed by atoms with Crippen molar-refractivity contribution < 1.29 is 9.90 Å². The molecule has 0 bridgehead atoms. The molecule has 3 rings (SSSR count). The summed E-state index contributed by atoms with van der Waals surface area (Å²) in [7, 11) is 1.82.